The van der Waals surface area contributed by atoms with Gasteiger partial charge in [-0.2, -0.15) is 13.2 Å². The van der Waals surface area contributed by atoms with E-state index in [0.717, 1.165) is 49.1 Å². The minimum Gasteiger partial charge on any atom is -0.493 e. The number of carbonyl (C=O) groups is 1. The number of hydrogen-bond acceptors (Lipinski definition) is 4. The quantitative estimate of drug-likeness (QED) is 0.105. The Bertz CT molecular complexity index is 1410. The van der Waals surface area contributed by atoms with Gasteiger partial charge >= 0.3 is 12.2 Å². The average Bonchev–Trinajstić information content (AvgIpc) is 3.39. The largest absolute Gasteiger partial charge is 0.493 e. The molecule has 3 rings (SSSR count). The van der Waals surface area contributed by atoms with Crippen molar-refractivity contribution < 1.29 is 22.7 Å². The number of rotatable bonds is 13. The van der Waals surface area contributed by atoms with Gasteiger partial charge in [-0.15, -0.1) is 17.5 Å². The van der Waals surface area contributed by atoms with E-state index in [4.69, 9.17) is 21.3 Å². The highest BCUT2D eigenvalue weighted by Gasteiger charge is 2.44. The lowest BCUT2D eigenvalue weighted by molar-refractivity contribution is -0.137. The van der Waals surface area contributed by atoms with E-state index in [0.29, 0.717) is 12.1 Å². The summed E-state index contributed by atoms with van der Waals surface area (Å²) in [5.74, 6) is 6.29. The summed E-state index contributed by atoms with van der Waals surface area (Å²) in [5, 5.41) is 6.13. The topological polar surface area (TPSA) is 66.0 Å². The number of ether oxygens (including phenoxy) is 1. The normalized spacial score (nSPS) is 17.0. The molecule has 0 spiro atoms. The molecule has 0 saturated heterocycles. The predicted molar refractivity (Wildman–Crippen MR) is 171 cm³/mol. The van der Waals surface area contributed by atoms with Crippen molar-refractivity contribution in [1.82, 2.24) is 15.5 Å². The Morgan fingerprint density at radius 1 is 1.14 bits per heavy atom. The van der Waals surface area contributed by atoms with Gasteiger partial charge in [-0.25, -0.2) is 4.79 Å². The Morgan fingerprint density at radius 2 is 1.86 bits per heavy atom. The molecule has 44 heavy (non-hydrogen) atoms. The predicted octanol–water partition coefficient (Wildman–Crippen LogP) is 7.43. The van der Waals surface area contributed by atoms with Gasteiger partial charge in [-0.3, -0.25) is 9.89 Å². The molecular weight excluding hydrogens is 589 g/mol. The Kier molecular flexibility index (Phi) is 13.4. The van der Waals surface area contributed by atoms with E-state index < -0.39 is 29.9 Å². The molecule has 2 atom stereocenters. The second-order valence-corrected chi connectivity index (χ2v) is 10.6. The average molecular weight is 629 g/mol. The highest BCUT2D eigenvalue weighted by Crippen LogP contribution is 2.41. The molecule has 1 aliphatic rings. The number of benzene rings is 2. The van der Waals surface area contributed by atoms with Crippen LogP contribution < -0.4 is 15.4 Å². The van der Waals surface area contributed by atoms with Gasteiger partial charge in [0.2, 0.25) is 0 Å². The van der Waals surface area contributed by atoms with Crippen molar-refractivity contribution in [1.29, 1.82) is 0 Å². The molecule has 2 aromatic rings. The SMILES string of the molecule is CC#C/C=C(\C=C/CCl)C1C(c2ccc(C)cc2)N=C(c2ccc(C(F)(F)F)cc2OCC)N1C(=O)NCCCCCNC. The van der Waals surface area contributed by atoms with E-state index in [-0.39, 0.29) is 29.6 Å². The van der Waals surface area contributed by atoms with Crippen molar-refractivity contribution >= 4 is 23.5 Å². The molecule has 2 aromatic carbocycles. The molecule has 1 heterocycles. The van der Waals surface area contributed by atoms with Gasteiger partial charge in [0.05, 0.1) is 23.8 Å². The van der Waals surface area contributed by atoms with Crippen molar-refractivity contribution in [3.8, 4) is 17.6 Å². The van der Waals surface area contributed by atoms with E-state index in [1.807, 2.05) is 44.3 Å². The van der Waals surface area contributed by atoms with Crippen molar-refractivity contribution in [2.24, 2.45) is 4.99 Å². The second kappa shape index (κ2) is 16.9. The maximum atomic E-state index is 14.1. The number of carbonyl (C=O) groups excluding carboxylic acids is 1. The van der Waals surface area contributed by atoms with Crippen molar-refractivity contribution in [3.63, 3.8) is 0 Å². The number of unbranched alkanes of at least 4 members (excludes halogenated alkanes) is 2. The lowest BCUT2D eigenvalue weighted by Gasteiger charge is -2.30. The first-order valence-electron chi connectivity index (χ1n) is 14.7. The van der Waals surface area contributed by atoms with E-state index >= 15 is 0 Å². The number of allylic oxidation sites excluding steroid dienone is 2. The molecule has 236 valence electrons. The Morgan fingerprint density at radius 3 is 2.50 bits per heavy atom. The summed E-state index contributed by atoms with van der Waals surface area (Å²) in [7, 11) is 1.89. The van der Waals surface area contributed by atoms with Crippen molar-refractivity contribution in [3.05, 3.63) is 88.5 Å². The first-order chi connectivity index (χ1) is 21.2. The van der Waals surface area contributed by atoms with E-state index in [9.17, 15) is 18.0 Å². The minimum absolute atomic E-state index is 0.00979. The Balaban J connectivity index is 2.22. The van der Waals surface area contributed by atoms with Crippen molar-refractivity contribution in [2.45, 2.75) is 58.3 Å². The first kappa shape index (κ1) is 34.7. The lowest BCUT2D eigenvalue weighted by atomic mass is 9.92. The van der Waals surface area contributed by atoms with Gasteiger partial charge in [0.15, 0.2) is 0 Å². The maximum absolute atomic E-state index is 14.1. The summed E-state index contributed by atoms with van der Waals surface area (Å²) >= 11 is 6.02. The number of urea groups is 1. The Hall–Kier alpha value is -3.74. The first-order valence-corrected chi connectivity index (χ1v) is 15.2. The number of halogens is 4. The fraction of sp³-hybridized carbons (Fsp3) is 0.412. The number of aryl methyl sites for hydroxylation is 1. The summed E-state index contributed by atoms with van der Waals surface area (Å²) in [5.41, 5.74) is 2.00. The molecule has 2 N–H and O–H groups in total. The van der Waals surface area contributed by atoms with Crippen LogP contribution in [0.2, 0.25) is 0 Å². The molecule has 1 aliphatic heterocycles. The molecule has 2 unspecified atom stereocenters. The molecule has 0 aromatic heterocycles. The van der Waals surface area contributed by atoms with E-state index in [1.54, 1.807) is 26.0 Å². The molecule has 0 fully saturated rings. The van der Waals surface area contributed by atoms with Crippen LogP contribution in [0, 0.1) is 18.8 Å². The van der Waals surface area contributed by atoms with Crippen LogP contribution in [0.4, 0.5) is 18.0 Å². The summed E-state index contributed by atoms with van der Waals surface area (Å²) < 4.78 is 46.8. The molecule has 0 radical (unpaired) electrons. The van der Waals surface area contributed by atoms with Crippen LogP contribution in [0.3, 0.4) is 0 Å². The zero-order valence-electron chi connectivity index (χ0n) is 25.6. The number of aliphatic imine (C=N–C) groups is 1. The zero-order chi connectivity index (χ0) is 32.1. The summed E-state index contributed by atoms with van der Waals surface area (Å²) in [6.45, 7) is 6.81. The molecular formula is C34H40ClF3N4O2. The monoisotopic (exact) mass is 628 g/mol. The third-order valence-corrected chi connectivity index (χ3v) is 7.24. The fourth-order valence-corrected chi connectivity index (χ4v) is 5.01. The number of amidine groups is 1. The van der Waals surface area contributed by atoms with Crippen LogP contribution in [0.15, 0.2) is 71.3 Å². The van der Waals surface area contributed by atoms with Gasteiger partial charge in [-0.05, 0) is 82.6 Å². The zero-order valence-corrected chi connectivity index (χ0v) is 26.4. The number of alkyl halides is 4. The smallest absolute Gasteiger partial charge is 0.416 e. The van der Waals surface area contributed by atoms with E-state index in [2.05, 4.69) is 22.5 Å². The molecule has 0 saturated carbocycles. The second-order valence-electron chi connectivity index (χ2n) is 10.3. The lowest BCUT2D eigenvalue weighted by Crippen LogP contribution is -2.48. The van der Waals surface area contributed by atoms with E-state index in [1.165, 1.54) is 11.0 Å². The van der Waals surface area contributed by atoms with Gasteiger partial charge in [-0.1, -0.05) is 54.3 Å². The van der Waals surface area contributed by atoms with Crippen molar-refractivity contribution in [2.75, 3.05) is 32.6 Å². The van der Waals surface area contributed by atoms with Gasteiger partial charge in [0, 0.05) is 12.4 Å². The molecule has 0 aliphatic carbocycles. The minimum atomic E-state index is -4.57. The van der Waals surface area contributed by atoms with Crippen LogP contribution in [-0.4, -0.2) is 55.4 Å². The number of amides is 2. The standard InChI is InChI=1S/C34H40ClF3N4O2/c1-5-7-12-26(13-11-20-35)31-30(25-16-14-24(3)15-17-25)41-32(42(31)33(43)40-22-10-8-9-21-39-4)28-19-18-27(34(36,37)38)23-29(28)44-6-2/h11-19,23,30-31,39H,6,8-10,20-22H2,1-4H3,(H,40,43)/b13-11-,26-12+. The maximum Gasteiger partial charge on any atom is 0.416 e. The fourth-order valence-electron chi connectivity index (χ4n) is 4.92. The highest BCUT2D eigenvalue weighted by molar-refractivity contribution is 6.19. The van der Waals surface area contributed by atoms with Crippen LogP contribution in [-0.2, 0) is 6.18 Å². The van der Waals surface area contributed by atoms with Crippen LogP contribution in [0.5, 0.6) is 5.75 Å². The van der Waals surface area contributed by atoms with Gasteiger partial charge in [0.1, 0.15) is 17.6 Å². The van der Waals surface area contributed by atoms with Gasteiger partial charge in [0.25, 0.3) is 0 Å². The molecule has 2 amide bonds. The summed E-state index contributed by atoms with van der Waals surface area (Å²) in [4.78, 5) is 20.7. The summed E-state index contributed by atoms with van der Waals surface area (Å²) in [6, 6.07) is 9.40. The Labute approximate surface area is 263 Å². The van der Waals surface area contributed by atoms with Crippen LogP contribution in [0.1, 0.15) is 61.4 Å². The van der Waals surface area contributed by atoms with Crippen LogP contribution >= 0.6 is 11.6 Å². The molecule has 0 bridgehead atoms. The van der Waals surface area contributed by atoms with Crippen LogP contribution in [0.25, 0.3) is 0 Å². The molecule has 10 heteroatoms. The highest BCUT2D eigenvalue weighted by atomic mass is 35.5. The molecule has 6 nitrogen and oxygen atoms in total. The number of nitrogens with one attached hydrogen (secondary N) is 2. The third kappa shape index (κ3) is 9.13. The van der Waals surface area contributed by atoms with Gasteiger partial charge < -0.3 is 15.4 Å². The summed E-state index contributed by atoms with van der Waals surface area (Å²) in [6.07, 6.45) is 3.38. The number of hydrogen-bond donors (Lipinski definition) is 2. The third-order valence-electron chi connectivity index (χ3n) is 7.06. The number of nitrogens with zero attached hydrogens (tertiary/aromatic N) is 2.